The molecular weight excluding hydrogens is 428 g/mol. The van der Waals surface area contributed by atoms with Crippen molar-refractivity contribution in [3.05, 3.63) is 59.7 Å². The number of carbonyl (C=O) groups is 2. The molecule has 2 amide bonds. The zero-order valence-corrected chi connectivity index (χ0v) is 20.2. The lowest BCUT2D eigenvalue weighted by Crippen LogP contribution is -2.43. The van der Waals surface area contributed by atoms with Gasteiger partial charge in [0.15, 0.2) is 0 Å². The van der Waals surface area contributed by atoms with Crippen molar-refractivity contribution in [1.29, 1.82) is 0 Å². The lowest BCUT2D eigenvalue weighted by atomic mass is 9.94. The monoisotopic (exact) mass is 460 g/mol. The van der Waals surface area contributed by atoms with Crippen molar-refractivity contribution < 1.29 is 14.0 Å². The summed E-state index contributed by atoms with van der Waals surface area (Å²) in [6.45, 7) is 6.13. The first-order chi connectivity index (χ1) is 16.5. The first-order valence-electron chi connectivity index (χ1n) is 12.0. The third-order valence-corrected chi connectivity index (χ3v) is 6.53. The molecule has 0 unspecified atom stereocenters. The Labute approximate surface area is 200 Å². The molecule has 1 aliphatic rings. The summed E-state index contributed by atoms with van der Waals surface area (Å²) in [5.41, 5.74) is 3.36. The standard InChI is InChI=1S/C27H32N4O3/c1-4-5-16-30(3)26(32)22-14-17-31(18-15-22)27(33)21-12-10-20(11-13-21)24-28-29-25(34-24)23-9-7-6-8-19(23)2/h6-13,22H,4-5,14-18H2,1-3H3. The third kappa shape index (κ3) is 5.19. The summed E-state index contributed by atoms with van der Waals surface area (Å²) >= 11 is 0. The number of likely N-dealkylation sites (tertiary alicyclic amines) is 1. The number of benzene rings is 2. The minimum atomic E-state index is -0.0112. The van der Waals surface area contributed by atoms with Crippen molar-refractivity contribution in [3.63, 3.8) is 0 Å². The van der Waals surface area contributed by atoms with E-state index in [-0.39, 0.29) is 17.7 Å². The minimum absolute atomic E-state index is 0.00764. The molecule has 0 N–H and O–H groups in total. The van der Waals surface area contributed by atoms with Crippen molar-refractivity contribution in [2.45, 2.75) is 39.5 Å². The number of rotatable bonds is 7. The van der Waals surface area contributed by atoms with E-state index in [2.05, 4.69) is 17.1 Å². The fourth-order valence-electron chi connectivity index (χ4n) is 4.35. The van der Waals surface area contributed by atoms with Gasteiger partial charge in [0.1, 0.15) is 0 Å². The van der Waals surface area contributed by atoms with E-state index < -0.39 is 0 Å². The fraction of sp³-hybridized carbons (Fsp3) is 0.407. The van der Waals surface area contributed by atoms with Gasteiger partial charge in [-0.1, -0.05) is 31.5 Å². The molecule has 1 fully saturated rings. The SMILES string of the molecule is CCCCN(C)C(=O)C1CCN(C(=O)c2ccc(-c3nnc(-c4ccccc4C)o3)cc2)CC1. The van der Waals surface area contributed by atoms with E-state index in [1.165, 1.54) is 0 Å². The molecule has 0 spiro atoms. The van der Waals surface area contributed by atoms with Gasteiger partial charge in [-0.25, -0.2) is 0 Å². The van der Waals surface area contributed by atoms with Gasteiger partial charge in [-0.3, -0.25) is 9.59 Å². The highest BCUT2D eigenvalue weighted by Gasteiger charge is 2.29. The van der Waals surface area contributed by atoms with Crippen LogP contribution in [0.15, 0.2) is 52.9 Å². The van der Waals surface area contributed by atoms with Gasteiger partial charge < -0.3 is 14.2 Å². The molecule has 0 atom stereocenters. The second kappa shape index (κ2) is 10.6. The maximum atomic E-state index is 13.0. The average Bonchev–Trinajstić information content (AvgIpc) is 3.37. The van der Waals surface area contributed by atoms with Crippen LogP contribution in [0, 0.1) is 12.8 Å². The maximum Gasteiger partial charge on any atom is 0.253 e. The fourth-order valence-corrected chi connectivity index (χ4v) is 4.35. The van der Waals surface area contributed by atoms with Crippen LogP contribution in [0.3, 0.4) is 0 Å². The summed E-state index contributed by atoms with van der Waals surface area (Å²) < 4.78 is 5.88. The molecule has 0 saturated carbocycles. The first kappa shape index (κ1) is 23.7. The summed E-state index contributed by atoms with van der Waals surface area (Å²) in [6.07, 6.45) is 3.52. The van der Waals surface area contributed by atoms with Gasteiger partial charge in [0.05, 0.1) is 0 Å². The zero-order chi connectivity index (χ0) is 24.1. The van der Waals surface area contributed by atoms with Crippen LogP contribution in [-0.2, 0) is 4.79 Å². The van der Waals surface area contributed by atoms with Crippen LogP contribution < -0.4 is 0 Å². The van der Waals surface area contributed by atoms with Crippen LogP contribution in [0.1, 0.15) is 48.5 Å². The number of piperidine rings is 1. The predicted molar refractivity (Wildman–Crippen MR) is 131 cm³/mol. The molecule has 3 aromatic rings. The second-order valence-electron chi connectivity index (χ2n) is 8.98. The van der Waals surface area contributed by atoms with E-state index in [1.807, 2.05) is 60.2 Å². The van der Waals surface area contributed by atoms with Gasteiger partial charge in [-0.15, -0.1) is 10.2 Å². The Morgan fingerprint density at radius 3 is 2.38 bits per heavy atom. The second-order valence-corrected chi connectivity index (χ2v) is 8.98. The van der Waals surface area contributed by atoms with Crippen LogP contribution in [0.2, 0.25) is 0 Å². The van der Waals surface area contributed by atoms with Crippen molar-refractivity contribution in [2.24, 2.45) is 5.92 Å². The molecule has 1 aromatic heterocycles. The van der Waals surface area contributed by atoms with Crippen molar-refractivity contribution >= 4 is 11.8 Å². The lowest BCUT2D eigenvalue weighted by Gasteiger charge is -2.33. The van der Waals surface area contributed by atoms with Crippen LogP contribution in [0.25, 0.3) is 22.9 Å². The van der Waals surface area contributed by atoms with E-state index in [4.69, 9.17) is 4.42 Å². The van der Waals surface area contributed by atoms with Gasteiger partial charge >= 0.3 is 0 Å². The molecule has 0 bridgehead atoms. The Hall–Kier alpha value is -3.48. The smallest absolute Gasteiger partial charge is 0.253 e. The quantitative estimate of drug-likeness (QED) is 0.505. The summed E-state index contributed by atoms with van der Waals surface area (Å²) in [6, 6.07) is 15.1. The molecule has 0 radical (unpaired) electrons. The number of unbranched alkanes of at least 4 members (excludes halogenated alkanes) is 1. The number of amides is 2. The van der Waals surface area contributed by atoms with E-state index >= 15 is 0 Å². The highest BCUT2D eigenvalue weighted by atomic mass is 16.4. The Balaban J connectivity index is 1.36. The maximum absolute atomic E-state index is 13.0. The van der Waals surface area contributed by atoms with Gasteiger partial charge in [0.2, 0.25) is 17.7 Å². The number of aromatic nitrogens is 2. The topological polar surface area (TPSA) is 79.5 Å². The molecule has 178 valence electrons. The Bertz CT molecular complexity index is 1130. The van der Waals surface area contributed by atoms with Crippen molar-refractivity contribution in [1.82, 2.24) is 20.0 Å². The number of hydrogen-bond donors (Lipinski definition) is 0. The molecule has 1 saturated heterocycles. The first-order valence-corrected chi connectivity index (χ1v) is 12.0. The normalized spacial score (nSPS) is 14.3. The van der Waals surface area contributed by atoms with E-state index in [0.717, 1.165) is 36.1 Å². The minimum Gasteiger partial charge on any atom is -0.416 e. The van der Waals surface area contributed by atoms with E-state index in [0.29, 0.717) is 43.3 Å². The van der Waals surface area contributed by atoms with Gasteiger partial charge in [-0.05, 0) is 62.1 Å². The largest absolute Gasteiger partial charge is 0.416 e. The number of carbonyl (C=O) groups excluding carboxylic acids is 2. The molecule has 4 rings (SSSR count). The van der Waals surface area contributed by atoms with E-state index in [9.17, 15) is 9.59 Å². The molecule has 34 heavy (non-hydrogen) atoms. The van der Waals surface area contributed by atoms with Gasteiger partial charge in [0, 0.05) is 49.3 Å². The summed E-state index contributed by atoms with van der Waals surface area (Å²) in [7, 11) is 1.88. The molecule has 1 aliphatic heterocycles. The zero-order valence-electron chi connectivity index (χ0n) is 20.2. The molecule has 0 aliphatic carbocycles. The molecule has 7 heteroatoms. The molecule has 2 heterocycles. The van der Waals surface area contributed by atoms with Crippen LogP contribution in [0.5, 0.6) is 0 Å². The Kier molecular flexibility index (Phi) is 7.40. The van der Waals surface area contributed by atoms with Gasteiger partial charge in [0.25, 0.3) is 5.91 Å². The summed E-state index contributed by atoms with van der Waals surface area (Å²) in [5.74, 6) is 1.10. The lowest BCUT2D eigenvalue weighted by molar-refractivity contribution is -0.135. The van der Waals surface area contributed by atoms with Crippen LogP contribution in [0.4, 0.5) is 0 Å². The van der Waals surface area contributed by atoms with Crippen molar-refractivity contribution in [3.8, 4) is 22.9 Å². The summed E-state index contributed by atoms with van der Waals surface area (Å²) in [5, 5.41) is 8.36. The molecule has 2 aromatic carbocycles. The van der Waals surface area contributed by atoms with Gasteiger partial charge in [-0.2, -0.15) is 0 Å². The number of hydrogen-bond acceptors (Lipinski definition) is 5. The van der Waals surface area contributed by atoms with Crippen molar-refractivity contribution in [2.75, 3.05) is 26.7 Å². The number of nitrogens with zero attached hydrogens (tertiary/aromatic N) is 4. The Morgan fingerprint density at radius 2 is 1.71 bits per heavy atom. The number of aryl methyl sites for hydroxylation is 1. The Morgan fingerprint density at radius 1 is 1.03 bits per heavy atom. The summed E-state index contributed by atoms with van der Waals surface area (Å²) in [4.78, 5) is 29.3. The predicted octanol–water partition coefficient (Wildman–Crippen LogP) is 4.82. The highest BCUT2D eigenvalue weighted by molar-refractivity contribution is 5.94. The van der Waals surface area contributed by atoms with Crippen LogP contribution in [-0.4, -0.2) is 58.5 Å². The molecule has 7 nitrogen and oxygen atoms in total. The highest BCUT2D eigenvalue weighted by Crippen LogP contribution is 2.27. The molecular formula is C27H32N4O3. The van der Waals surface area contributed by atoms with E-state index in [1.54, 1.807) is 12.1 Å². The average molecular weight is 461 g/mol. The van der Waals surface area contributed by atoms with Crippen LogP contribution >= 0.6 is 0 Å². The third-order valence-electron chi connectivity index (χ3n) is 6.53.